The Morgan fingerprint density at radius 1 is 1.00 bits per heavy atom. The summed E-state index contributed by atoms with van der Waals surface area (Å²) in [6, 6.07) is 18.7. The van der Waals surface area contributed by atoms with E-state index in [9.17, 15) is 18.0 Å². The third kappa shape index (κ3) is 6.94. The molecule has 2 aliphatic heterocycles. The molecule has 2 aliphatic rings. The van der Waals surface area contributed by atoms with Crippen molar-refractivity contribution in [3.63, 3.8) is 0 Å². The predicted octanol–water partition coefficient (Wildman–Crippen LogP) is 4.95. The van der Waals surface area contributed by atoms with Gasteiger partial charge in [-0.3, -0.25) is 9.59 Å². The zero-order chi connectivity index (χ0) is 27.5. The number of nitrogens with one attached hydrogen (secondary N) is 1. The second-order valence-corrected chi connectivity index (χ2v) is 13.5. The van der Waals surface area contributed by atoms with Crippen LogP contribution < -0.4 is 5.32 Å². The normalized spacial score (nSPS) is 17.9. The van der Waals surface area contributed by atoms with Gasteiger partial charge in [-0.25, -0.2) is 8.42 Å². The zero-order valence-electron chi connectivity index (χ0n) is 22.6. The van der Waals surface area contributed by atoms with Crippen molar-refractivity contribution in [3.05, 3.63) is 88.1 Å². The average molecular weight is 602 g/mol. The van der Waals surface area contributed by atoms with Crippen molar-refractivity contribution in [2.24, 2.45) is 5.41 Å². The molecule has 0 unspecified atom stereocenters. The first-order chi connectivity index (χ1) is 18.7. The lowest BCUT2D eigenvalue weighted by molar-refractivity contribution is -0.138. The van der Waals surface area contributed by atoms with Crippen LogP contribution in [0.15, 0.2) is 76.3 Å². The van der Waals surface area contributed by atoms with Crippen molar-refractivity contribution in [2.45, 2.75) is 43.2 Å². The van der Waals surface area contributed by atoms with Gasteiger partial charge in [0, 0.05) is 31.3 Å². The van der Waals surface area contributed by atoms with E-state index in [2.05, 4.69) is 22.3 Å². The molecule has 5 rings (SSSR count). The van der Waals surface area contributed by atoms with E-state index in [1.54, 1.807) is 24.3 Å². The third-order valence-corrected chi connectivity index (χ3v) is 9.98. The number of nitrogens with zero attached hydrogens (tertiary/aromatic N) is 2. The van der Waals surface area contributed by atoms with Gasteiger partial charge in [0.25, 0.3) is 5.91 Å². The monoisotopic (exact) mass is 601 g/mol. The maximum absolute atomic E-state index is 13.5. The van der Waals surface area contributed by atoms with Crippen LogP contribution in [0.1, 0.15) is 53.2 Å². The molecular formula is C30H36ClN3O4S2. The summed E-state index contributed by atoms with van der Waals surface area (Å²) in [5.74, 6) is 0.171. The Bertz CT molecular complexity index is 1390. The molecule has 1 N–H and O–H groups in total. The summed E-state index contributed by atoms with van der Waals surface area (Å²) in [5, 5.41) is 7.00. The summed E-state index contributed by atoms with van der Waals surface area (Å²) in [4.78, 5) is 30.9. The highest BCUT2D eigenvalue weighted by atomic mass is 35.5. The molecule has 0 saturated carbocycles. The fourth-order valence-electron chi connectivity index (χ4n) is 5.73. The van der Waals surface area contributed by atoms with Crippen molar-refractivity contribution >= 4 is 45.4 Å². The quantitative estimate of drug-likeness (QED) is 0.375. The number of hydrogen-bond donors (Lipinski definition) is 1. The lowest BCUT2D eigenvalue weighted by atomic mass is 9.77. The van der Waals surface area contributed by atoms with Gasteiger partial charge in [-0.1, -0.05) is 42.5 Å². The Morgan fingerprint density at radius 2 is 1.68 bits per heavy atom. The average Bonchev–Trinajstić information content (AvgIpc) is 3.58. The van der Waals surface area contributed by atoms with Gasteiger partial charge in [0.2, 0.25) is 5.91 Å². The molecule has 3 heterocycles. The van der Waals surface area contributed by atoms with Gasteiger partial charge in [0.1, 0.15) is 0 Å². The first-order valence-electron chi connectivity index (χ1n) is 13.4. The van der Waals surface area contributed by atoms with Crippen molar-refractivity contribution in [1.82, 2.24) is 15.1 Å². The van der Waals surface area contributed by atoms with E-state index in [1.807, 2.05) is 39.9 Å². The summed E-state index contributed by atoms with van der Waals surface area (Å²) < 4.78 is 23.5. The fourth-order valence-corrected chi connectivity index (χ4v) is 7.00. The maximum atomic E-state index is 13.5. The molecule has 1 spiro atoms. The highest BCUT2D eigenvalue weighted by Crippen LogP contribution is 2.42. The van der Waals surface area contributed by atoms with Crippen LogP contribution in [-0.4, -0.2) is 62.5 Å². The summed E-state index contributed by atoms with van der Waals surface area (Å²) in [6.07, 6.45) is 4.55. The first-order valence-corrected chi connectivity index (χ1v) is 16.3. The molecule has 2 amide bonds. The Labute approximate surface area is 246 Å². The second kappa shape index (κ2) is 12.9. The van der Waals surface area contributed by atoms with Gasteiger partial charge in [-0.15, -0.1) is 12.4 Å². The summed E-state index contributed by atoms with van der Waals surface area (Å²) >= 11 is 1.52. The van der Waals surface area contributed by atoms with Crippen LogP contribution >= 0.6 is 23.7 Å². The number of carbonyl (C=O) groups is 2. The molecule has 10 heteroatoms. The van der Waals surface area contributed by atoms with E-state index >= 15 is 0 Å². The molecule has 3 aromatic rings. The van der Waals surface area contributed by atoms with Crippen LogP contribution in [-0.2, 0) is 21.2 Å². The minimum absolute atomic E-state index is 0. The number of rotatable bonds is 9. The maximum Gasteiger partial charge on any atom is 0.252 e. The molecule has 2 saturated heterocycles. The molecule has 2 fully saturated rings. The molecule has 40 heavy (non-hydrogen) atoms. The number of amides is 2. The standard InChI is InChI=1S/C30H35N3O4S2.ClH/c1-39(36,37)26-9-7-23(8-10-26)21-33-19-15-30(29(33)35)13-17-32(18-14-30)16-11-27(24-5-3-2-4-6-24)31-28(34)25-12-20-38-22-25;/h2-10,12,20,22,27H,11,13-19,21H2,1H3,(H,31,34);1H/t27-;/m0./s1. The third-order valence-electron chi connectivity index (χ3n) is 8.16. The van der Waals surface area contributed by atoms with Gasteiger partial charge in [-0.05, 0) is 73.5 Å². The Kier molecular flexibility index (Phi) is 9.72. The Morgan fingerprint density at radius 3 is 2.30 bits per heavy atom. The first kappa shape index (κ1) is 30.2. The largest absolute Gasteiger partial charge is 0.345 e. The molecule has 1 aromatic heterocycles. The topological polar surface area (TPSA) is 86.8 Å². The molecule has 214 valence electrons. The second-order valence-electron chi connectivity index (χ2n) is 10.8. The summed E-state index contributed by atoms with van der Waals surface area (Å²) in [7, 11) is -3.23. The fraction of sp³-hybridized carbons (Fsp3) is 0.400. The number of sulfone groups is 1. The van der Waals surface area contributed by atoms with Crippen LogP contribution in [0.2, 0.25) is 0 Å². The number of benzene rings is 2. The van der Waals surface area contributed by atoms with Crippen LogP contribution in [0.25, 0.3) is 0 Å². The predicted molar refractivity (Wildman–Crippen MR) is 161 cm³/mol. The Balaban J connectivity index is 0.00000370. The number of piperidine rings is 1. The molecule has 7 nitrogen and oxygen atoms in total. The van der Waals surface area contributed by atoms with Crippen molar-refractivity contribution < 1.29 is 18.0 Å². The number of likely N-dealkylation sites (tertiary alicyclic amines) is 2. The molecule has 2 aromatic carbocycles. The SMILES string of the molecule is CS(=O)(=O)c1ccc(CN2CCC3(CCN(CC[C@H](NC(=O)c4ccsc4)c4ccccc4)CC3)C2=O)cc1.Cl. The van der Waals surface area contributed by atoms with E-state index in [0.717, 1.165) is 63.0 Å². The highest BCUT2D eigenvalue weighted by molar-refractivity contribution is 7.90. The van der Waals surface area contributed by atoms with Crippen LogP contribution in [0.5, 0.6) is 0 Å². The van der Waals surface area contributed by atoms with Crippen molar-refractivity contribution in [2.75, 3.05) is 32.4 Å². The van der Waals surface area contributed by atoms with Gasteiger partial charge >= 0.3 is 0 Å². The van der Waals surface area contributed by atoms with Crippen LogP contribution in [0, 0.1) is 5.41 Å². The van der Waals surface area contributed by atoms with Crippen molar-refractivity contribution in [1.29, 1.82) is 0 Å². The van der Waals surface area contributed by atoms with Gasteiger partial charge in [0.15, 0.2) is 9.84 Å². The number of thiophene rings is 1. The number of hydrogen-bond acceptors (Lipinski definition) is 6. The lowest BCUT2D eigenvalue weighted by Crippen LogP contribution is -2.45. The molecular weight excluding hydrogens is 566 g/mol. The van der Waals surface area contributed by atoms with E-state index in [1.165, 1.54) is 17.6 Å². The minimum atomic E-state index is -3.23. The van der Waals surface area contributed by atoms with E-state index in [-0.39, 0.29) is 35.7 Å². The van der Waals surface area contributed by atoms with E-state index in [0.29, 0.717) is 17.0 Å². The molecule has 1 atom stereocenters. The van der Waals surface area contributed by atoms with E-state index < -0.39 is 9.84 Å². The van der Waals surface area contributed by atoms with Crippen LogP contribution in [0.4, 0.5) is 0 Å². The Hall–Kier alpha value is -2.72. The lowest BCUT2D eigenvalue weighted by Gasteiger charge is -2.38. The smallest absolute Gasteiger partial charge is 0.252 e. The van der Waals surface area contributed by atoms with Gasteiger partial charge in [-0.2, -0.15) is 11.3 Å². The summed E-state index contributed by atoms with van der Waals surface area (Å²) in [6.45, 7) is 3.82. The molecule has 0 bridgehead atoms. The van der Waals surface area contributed by atoms with Gasteiger partial charge < -0.3 is 15.1 Å². The number of carbonyl (C=O) groups excluding carboxylic acids is 2. The summed E-state index contributed by atoms with van der Waals surface area (Å²) in [5.41, 5.74) is 2.44. The van der Waals surface area contributed by atoms with Crippen LogP contribution in [0.3, 0.4) is 0 Å². The van der Waals surface area contributed by atoms with E-state index in [4.69, 9.17) is 0 Å². The molecule has 0 radical (unpaired) electrons. The number of halogens is 1. The van der Waals surface area contributed by atoms with Gasteiger partial charge in [0.05, 0.1) is 21.9 Å². The highest BCUT2D eigenvalue weighted by Gasteiger charge is 2.47. The minimum Gasteiger partial charge on any atom is -0.345 e. The molecule has 0 aliphatic carbocycles. The van der Waals surface area contributed by atoms with Crippen molar-refractivity contribution in [3.8, 4) is 0 Å². The zero-order valence-corrected chi connectivity index (χ0v) is 25.1.